The van der Waals surface area contributed by atoms with Gasteiger partial charge in [0.1, 0.15) is 6.29 Å². The number of esters is 1. The first-order valence-corrected chi connectivity index (χ1v) is 4.23. The molecule has 0 fully saturated rings. The van der Waals surface area contributed by atoms with E-state index in [0.717, 1.165) is 12.5 Å². The summed E-state index contributed by atoms with van der Waals surface area (Å²) in [7, 11) is 0. The molecule has 0 aliphatic carbocycles. The van der Waals surface area contributed by atoms with Crippen LogP contribution in [0.25, 0.3) is 0 Å². The molecule has 0 bridgehead atoms. The number of hydrogen-bond acceptors (Lipinski definition) is 5. The minimum absolute atomic E-state index is 0.201. The quantitative estimate of drug-likeness (QED) is 0.238. The fourth-order valence-corrected chi connectivity index (χ4v) is 0.253. The van der Waals surface area contributed by atoms with Crippen LogP contribution in [0.15, 0.2) is 38.5 Å². The second-order valence-electron chi connectivity index (χ2n) is 1.80. The van der Waals surface area contributed by atoms with Crippen molar-refractivity contribution in [2.75, 3.05) is 6.79 Å². The van der Waals surface area contributed by atoms with Gasteiger partial charge in [-0.2, -0.15) is 0 Å². The minimum atomic E-state index is -0.329. The highest BCUT2D eigenvalue weighted by Gasteiger charge is 1.79. The Morgan fingerprint density at radius 2 is 1.50 bits per heavy atom. The molecule has 0 amide bonds. The van der Waals surface area contributed by atoms with Gasteiger partial charge in [0.2, 0.25) is 6.79 Å². The zero-order valence-corrected chi connectivity index (χ0v) is 9.68. The molecule has 0 aromatic heterocycles. The van der Waals surface area contributed by atoms with Crippen molar-refractivity contribution in [3.63, 3.8) is 0 Å². The second kappa shape index (κ2) is 23.1. The minimum Gasteiger partial charge on any atom is -0.466 e. The van der Waals surface area contributed by atoms with Gasteiger partial charge in [0.15, 0.2) is 0 Å². The first kappa shape index (κ1) is 19.5. The van der Waals surface area contributed by atoms with Gasteiger partial charge >= 0.3 is 5.97 Å². The zero-order chi connectivity index (χ0) is 13.2. The molecule has 0 aromatic rings. The Bertz CT molecular complexity index is 191. The highest BCUT2D eigenvalue weighted by molar-refractivity contribution is 5.66. The number of carbonyl (C=O) groups is 2. The molecule has 0 saturated carbocycles. The molecule has 0 aromatic carbocycles. The standard InChI is InChI=1S/C5H8O2.C4H6O2.C2H4O/c1-3-6-5-7-4-2;1-3-6-4(2)5;1-2-3/h3-4H,1-2,5H2;3H,1H2,2H3;2H,1H3. The zero-order valence-electron chi connectivity index (χ0n) is 9.68. The van der Waals surface area contributed by atoms with Gasteiger partial charge < -0.3 is 19.0 Å². The maximum Gasteiger partial charge on any atom is 0.307 e. The van der Waals surface area contributed by atoms with Crippen LogP contribution in [0.3, 0.4) is 0 Å². The summed E-state index contributed by atoms with van der Waals surface area (Å²) in [5, 5.41) is 0. The van der Waals surface area contributed by atoms with Gasteiger partial charge in [0.05, 0.1) is 18.8 Å². The lowest BCUT2D eigenvalue weighted by Crippen LogP contribution is -1.87. The van der Waals surface area contributed by atoms with Gasteiger partial charge in [0.25, 0.3) is 0 Å². The van der Waals surface area contributed by atoms with Crippen molar-refractivity contribution in [2.45, 2.75) is 13.8 Å². The van der Waals surface area contributed by atoms with Crippen LogP contribution in [0.4, 0.5) is 0 Å². The van der Waals surface area contributed by atoms with Gasteiger partial charge in [-0.25, -0.2) is 0 Å². The van der Waals surface area contributed by atoms with E-state index in [9.17, 15) is 4.79 Å². The summed E-state index contributed by atoms with van der Waals surface area (Å²) >= 11 is 0. The lowest BCUT2D eigenvalue weighted by Gasteiger charge is -1.95. The summed E-state index contributed by atoms with van der Waals surface area (Å²) in [4.78, 5) is 18.6. The van der Waals surface area contributed by atoms with Gasteiger partial charge in [-0.3, -0.25) is 4.79 Å². The largest absolute Gasteiger partial charge is 0.466 e. The SMILES string of the molecule is C=COC(C)=O.C=COCOC=C.CC=O. The van der Waals surface area contributed by atoms with Gasteiger partial charge in [-0.15, -0.1) is 0 Å². The van der Waals surface area contributed by atoms with Crippen molar-refractivity contribution in [2.24, 2.45) is 0 Å². The predicted octanol–water partition coefficient (Wildman–Crippen LogP) is 2.16. The molecule has 0 aliphatic heterocycles. The topological polar surface area (TPSA) is 61.8 Å². The third kappa shape index (κ3) is 58.4. The van der Waals surface area contributed by atoms with Crippen molar-refractivity contribution < 1.29 is 23.8 Å². The van der Waals surface area contributed by atoms with Gasteiger partial charge in [-0.1, -0.05) is 19.7 Å². The predicted molar refractivity (Wildman–Crippen MR) is 61.1 cm³/mol. The molecular formula is C11H18O5. The number of carbonyl (C=O) groups excluding carboxylic acids is 2. The van der Waals surface area contributed by atoms with E-state index in [0.29, 0.717) is 0 Å². The highest BCUT2D eigenvalue weighted by Crippen LogP contribution is 1.75. The average Bonchev–Trinajstić information content (AvgIpc) is 2.20. The van der Waals surface area contributed by atoms with Crippen molar-refractivity contribution in [3.05, 3.63) is 38.5 Å². The normalized spacial score (nSPS) is 6.38. The summed E-state index contributed by atoms with van der Waals surface area (Å²) < 4.78 is 13.3. The van der Waals surface area contributed by atoms with Crippen LogP contribution in [0.5, 0.6) is 0 Å². The van der Waals surface area contributed by atoms with E-state index in [-0.39, 0.29) is 12.8 Å². The molecule has 0 unspecified atom stereocenters. The third-order valence-electron chi connectivity index (χ3n) is 0.621. The molecule has 0 N–H and O–H groups in total. The van der Waals surface area contributed by atoms with Crippen molar-refractivity contribution >= 4 is 12.3 Å². The molecule has 0 spiro atoms. The van der Waals surface area contributed by atoms with Gasteiger partial charge in [0, 0.05) is 6.92 Å². The maximum absolute atomic E-state index is 9.75. The molecule has 16 heavy (non-hydrogen) atoms. The highest BCUT2D eigenvalue weighted by atomic mass is 16.7. The summed E-state index contributed by atoms with van der Waals surface area (Å²) in [5.41, 5.74) is 0. The van der Waals surface area contributed by atoms with E-state index in [1.807, 2.05) is 0 Å². The van der Waals surface area contributed by atoms with E-state index < -0.39 is 0 Å². The molecule has 0 aliphatic rings. The van der Waals surface area contributed by atoms with Crippen molar-refractivity contribution in [3.8, 4) is 0 Å². The Morgan fingerprint density at radius 3 is 1.62 bits per heavy atom. The van der Waals surface area contributed by atoms with E-state index in [2.05, 4.69) is 33.9 Å². The lowest BCUT2D eigenvalue weighted by atomic mass is 10.8. The first-order valence-electron chi connectivity index (χ1n) is 4.23. The van der Waals surface area contributed by atoms with E-state index in [1.54, 1.807) is 0 Å². The van der Waals surface area contributed by atoms with Crippen LogP contribution in [0, 0.1) is 0 Å². The molecule has 0 saturated heterocycles. The van der Waals surface area contributed by atoms with E-state index >= 15 is 0 Å². The summed E-state index contributed by atoms with van der Waals surface area (Å²) in [5.74, 6) is -0.329. The van der Waals surface area contributed by atoms with E-state index in [4.69, 9.17) is 4.79 Å². The Balaban J connectivity index is -0.000000172. The summed E-state index contributed by atoms with van der Waals surface area (Å²) in [6, 6.07) is 0. The second-order valence-corrected chi connectivity index (χ2v) is 1.80. The Morgan fingerprint density at radius 1 is 1.12 bits per heavy atom. The van der Waals surface area contributed by atoms with Crippen LogP contribution >= 0.6 is 0 Å². The summed E-state index contributed by atoms with van der Waals surface area (Å²) in [6.45, 7) is 12.7. The molecule has 5 heteroatoms. The lowest BCUT2D eigenvalue weighted by molar-refractivity contribution is -0.135. The monoisotopic (exact) mass is 230 g/mol. The van der Waals surface area contributed by atoms with Crippen LogP contribution in [0.2, 0.25) is 0 Å². The van der Waals surface area contributed by atoms with Crippen LogP contribution in [-0.2, 0) is 23.8 Å². The maximum atomic E-state index is 9.75. The van der Waals surface area contributed by atoms with Gasteiger partial charge in [-0.05, 0) is 6.92 Å². The van der Waals surface area contributed by atoms with Crippen LogP contribution in [-0.4, -0.2) is 19.0 Å². The average molecular weight is 230 g/mol. The van der Waals surface area contributed by atoms with Crippen molar-refractivity contribution in [1.29, 1.82) is 0 Å². The third-order valence-corrected chi connectivity index (χ3v) is 0.621. The molecule has 0 rings (SSSR count). The number of rotatable bonds is 5. The van der Waals surface area contributed by atoms with E-state index in [1.165, 1.54) is 26.4 Å². The fourth-order valence-electron chi connectivity index (χ4n) is 0.253. The van der Waals surface area contributed by atoms with Crippen molar-refractivity contribution in [1.82, 2.24) is 0 Å². The Labute approximate surface area is 96.0 Å². The first-order chi connectivity index (χ1) is 7.60. The van der Waals surface area contributed by atoms with Crippen LogP contribution in [0.1, 0.15) is 13.8 Å². The molecular weight excluding hydrogens is 212 g/mol. The number of ether oxygens (including phenoxy) is 3. The molecule has 0 radical (unpaired) electrons. The molecule has 5 nitrogen and oxygen atoms in total. The number of hydrogen-bond donors (Lipinski definition) is 0. The Kier molecular flexibility index (Phi) is 28.2. The molecule has 0 heterocycles. The Hall–Kier alpha value is -2.04. The smallest absolute Gasteiger partial charge is 0.307 e. The molecule has 0 atom stereocenters. The summed E-state index contributed by atoms with van der Waals surface area (Å²) in [6.07, 6.45) is 4.47. The van der Waals surface area contributed by atoms with Crippen LogP contribution < -0.4 is 0 Å². The molecule has 92 valence electrons. The fraction of sp³-hybridized carbons (Fsp3) is 0.273. The number of aldehydes is 1.